The monoisotopic (exact) mass is 253 g/mol. The number of hydrogen-bond donors (Lipinski definition) is 0. The zero-order chi connectivity index (χ0) is 14.4. The van der Waals surface area contributed by atoms with E-state index >= 15 is 0 Å². The van der Waals surface area contributed by atoms with Crippen LogP contribution in [0.25, 0.3) is 0 Å². The van der Waals surface area contributed by atoms with Crippen molar-refractivity contribution in [2.24, 2.45) is 16.7 Å². The second-order valence-corrected chi connectivity index (χ2v) is 9.29. The van der Waals surface area contributed by atoms with E-state index in [-0.39, 0.29) is 5.54 Å². The van der Waals surface area contributed by atoms with Crippen LogP contribution in [0.1, 0.15) is 75.2 Å². The van der Waals surface area contributed by atoms with Gasteiger partial charge in [0, 0.05) is 11.6 Å². The van der Waals surface area contributed by atoms with Crippen LogP contribution in [0.4, 0.5) is 0 Å². The maximum atomic E-state index is 2.77. The van der Waals surface area contributed by atoms with Gasteiger partial charge in [-0.1, -0.05) is 41.5 Å². The molecule has 1 rings (SSSR count). The summed E-state index contributed by atoms with van der Waals surface area (Å²) in [6.07, 6.45) is 2.74. The second kappa shape index (κ2) is 4.81. The van der Waals surface area contributed by atoms with E-state index < -0.39 is 0 Å². The topological polar surface area (TPSA) is 3.24 Å². The van der Waals surface area contributed by atoms with Crippen LogP contribution in [0.5, 0.6) is 0 Å². The summed E-state index contributed by atoms with van der Waals surface area (Å²) in [6.45, 7) is 22.9. The Morgan fingerprint density at radius 2 is 1.28 bits per heavy atom. The van der Waals surface area contributed by atoms with Crippen molar-refractivity contribution in [1.29, 1.82) is 0 Å². The molecule has 2 unspecified atom stereocenters. The molecule has 108 valence electrons. The van der Waals surface area contributed by atoms with Crippen LogP contribution in [0.2, 0.25) is 0 Å². The standard InChI is InChI=1S/C17H35N/c1-15(2,3)13-11-10-12-18(17(7,8)9)14(13)16(4,5)6/h13-14H,10-12H2,1-9H3. The Morgan fingerprint density at radius 3 is 1.61 bits per heavy atom. The molecule has 1 heterocycles. The van der Waals surface area contributed by atoms with Gasteiger partial charge in [0.05, 0.1) is 0 Å². The second-order valence-electron chi connectivity index (χ2n) is 9.29. The molecule has 1 saturated heterocycles. The van der Waals surface area contributed by atoms with Crippen molar-refractivity contribution in [3.63, 3.8) is 0 Å². The van der Waals surface area contributed by atoms with Crippen LogP contribution >= 0.6 is 0 Å². The molecule has 1 nitrogen and oxygen atoms in total. The lowest BCUT2D eigenvalue weighted by molar-refractivity contribution is -0.0707. The summed E-state index contributed by atoms with van der Waals surface area (Å²) in [5, 5.41) is 0. The largest absolute Gasteiger partial charge is 0.295 e. The fourth-order valence-corrected chi connectivity index (χ4v) is 3.73. The molecule has 18 heavy (non-hydrogen) atoms. The quantitative estimate of drug-likeness (QED) is 0.590. The van der Waals surface area contributed by atoms with E-state index in [4.69, 9.17) is 0 Å². The maximum Gasteiger partial charge on any atom is 0.0182 e. The third kappa shape index (κ3) is 3.50. The molecule has 0 saturated carbocycles. The molecule has 2 atom stereocenters. The van der Waals surface area contributed by atoms with Gasteiger partial charge in [-0.2, -0.15) is 0 Å². The van der Waals surface area contributed by atoms with Crippen LogP contribution in [0.15, 0.2) is 0 Å². The highest BCUT2D eigenvalue weighted by Crippen LogP contribution is 2.46. The highest BCUT2D eigenvalue weighted by molar-refractivity contribution is 4.99. The maximum absolute atomic E-state index is 2.77. The van der Waals surface area contributed by atoms with Crippen molar-refractivity contribution in [2.45, 2.75) is 86.7 Å². The van der Waals surface area contributed by atoms with Gasteiger partial charge in [-0.3, -0.25) is 4.90 Å². The summed E-state index contributed by atoms with van der Waals surface area (Å²) in [5.74, 6) is 0.797. The number of hydrogen-bond acceptors (Lipinski definition) is 1. The van der Waals surface area contributed by atoms with Gasteiger partial charge < -0.3 is 0 Å². The fourth-order valence-electron chi connectivity index (χ4n) is 3.73. The first-order chi connectivity index (χ1) is 7.85. The van der Waals surface area contributed by atoms with Crippen molar-refractivity contribution < 1.29 is 0 Å². The first-order valence-corrected chi connectivity index (χ1v) is 7.62. The van der Waals surface area contributed by atoms with Crippen LogP contribution in [0, 0.1) is 16.7 Å². The molecular weight excluding hydrogens is 218 g/mol. The molecule has 0 bridgehead atoms. The predicted molar refractivity (Wildman–Crippen MR) is 81.9 cm³/mol. The van der Waals surface area contributed by atoms with E-state index in [1.165, 1.54) is 19.4 Å². The van der Waals surface area contributed by atoms with Crippen LogP contribution in [-0.2, 0) is 0 Å². The summed E-state index contributed by atoms with van der Waals surface area (Å²) >= 11 is 0. The summed E-state index contributed by atoms with van der Waals surface area (Å²) in [7, 11) is 0. The summed E-state index contributed by atoms with van der Waals surface area (Å²) in [6, 6.07) is 0.686. The van der Waals surface area contributed by atoms with Gasteiger partial charge in [-0.25, -0.2) is 0 Å². The van der Waals surface area contributed by atoms with Gasteiger partial charge in [-0.05, 0) is 56.9 Å². The van der Waals surface area contributed by atoms with E-state index in [1.54, 1.807) is 0 Å². The van der Waals surface area contributed by atoms with Crippen molar-refractivity contribution in [3.05, 3.63) is 0 Å². The highest BCUT2D eigenvalue weighted by atomic mass is 15.2. The highest BCUT2D eigenvalue weighted by Gasteiger charge is 2.46. The van der Waals surface area contributed by atoms with Gasteiger partial charge in [0.2, 0.25) is 0 Å². The summed E-state index contributed by atoms with van der Waals surface area (Å²) in [4.78, 5) is 2.77. The van der Waals surface area contributed by atoms with Gasteiger partial charge in [-0.15, -0.1) is 0 Å². The van der Waals surface area contributed by atoms with Crippen LogP contribution in [0.3, 0.4) is 0 Å². The van der Waals surface area contributed by atoms with E-state index in [1.807, 2.05) is 0 Å². The van der Waals surface area contributed by atoms with Gasteiger partial charge in [0.1, 0.15) is 0 Å². The molecule has 0 aromatic carbocycles. The molecule has 0 aliphatic carbocycles. The summed E-state index contributed by atoms with van der Waals surface area (Å²) < 4.78 is 0. The number of rotatable bonds is 0. The average Bonchev–Trinajstić information content (AvgIpc) is 2.12. The Balaban J connectivity index is 3.14. The minimum atomic E-state index is 0.280. The molecule has 0 spiro atoms. The average molecular weight is 253 g/mol. The van der Waals surface area contributed by atoms with Crippen molar-refractivity contribution in [1.82, 2.24) is 4.90 Å². The van der Waals surface area contributed by atoms with Crippen LogP contribution < -0.4 is 0 Å². The molecule has 1 heteroatoms. The van der Waals surface area contributed by atoms with E-state index in [0.29, 0.717) is 16.9 Å². The molecule has 1 aliphatic rings. The zero-order valence-electron chi connectivity index (χ0n) is 14.2. The Morgan fingerprint density at radius 1 is 0.778 bits per heavy atom. The first-order valence-electron chi connectivity index (χ1n) is 7.62. The van der Waals surface area contributed by atoms with E-state index in [9.17, 15) is 0 Å². The minimum Gasteiger partial charge on any atom is -0.295 e. The first kappa shape index (κ1) is 16.0. The zero-order valence-corrected chi connectivity index (χ0v) is 14.2. The smallest absolute Gasteiger partial charge is 0.0182 e. The lowest BCUT2D eigenvalue weighted by Gasteiger charge is -2.56. The third-order valence-corrected chi connectivity index (χ3v) is 4.49. The SMILES string of the molecule is CC(C)(C)C1CCCN(C(C)(C)C)C1C(C)(C)C. The molecule has 0 amide bonds. The number of piperidine rings is 1. The van der Waals surface area contributed by atoms with E-state index in [2.05, 4.69) is 67.2 Å². The molecule has 0 radical (unpaired) electrons. The summed E-state index contributed by atoms with van der Waals surface area (Å²) in [5.41, 5.74) is 1.04. The van der Waals surface area contributed by atoms with Gasteiger partial charge in [0.25, 0.3) is 0 Å². The predicted octanol–water partition coefficient (Wildman–Crippen LogP) is 4.96. The Hall–Kier alpha value is -0.0400. The lowest BCUT2D eigenvalue weighted by atomic mass is 9.63. The Labute approximate surface area is 115 Å². The van der Waals surface area contributed by atoms with Crippen molar-refractivity contribution in [2.75, 3.05) is 6.54 Å². The molecule has 0 aromatic rings. The molecule has 1 fully saturated rings. The molecule has 1 aliphatic heterocycles. The normalized spacial score (nSPS) is 28.5. The number of nitrogens with zero attached hydrogens (tertiary/aromatic N) is 1. The molecule has 0 aromatic heterocycles. The minimum absolute atomic E-state index is 0.280. The Bertz CT molecular complexity index is 249. The Kier molecular flexibility index (Phi) is 4.28. The lowest BCUT2D eigenvalue weighted by Crippen LogP contribution is -2.61. The fraction of sp³-hybridized carbons (Fsp3) is 1.00. The van der Waals surface area contributed by atoms with Gasteiger partial charge in [0.15, 0.2) is 0 Å². The molecular formula is C17H35N. The third-order valence-electron chi connectivity index (χ3n) is 4.49. The van der Waals surface area contributed by atoms with Gasteiger partial charge >= 0.3 is 0 Å². The number of likely N-dealkylation sites (tertiary alicyclic amines) is 1. The van der Waals surface area contributed by atoms with Crippen molar-refractivity contribution >= 4 is 0 Å². The van der Waals surface area contributed by atoms with Crippen molar-refractivity contribution in [3.8, 4) is 0 Å². The van der Waals surface area contributed by atoms with E-state index in [0.717, 1.165) is 5.92 Å². The van der Waals surface area contributed by atoms with Crippen LogP contribution in [-0.4, -0.2) is 23.0 Å². The molecule has 0 N–H and O–H groups in total.